The van der Waals surface area contributed by atoms with E-state index in [2.05, 4.69) is 73.3 Å². The molecule has 12 nitrogen and oxygen atoms in total. The Balaban J connectivity index is 1.16. The molecule has 12 heteroatoms. The summed E-state index contributed by atoms with van der Waals surface area (Å²) in [6.07, 6.45) is 14.6. The Labute approximate surface area is 439 Å². The number of carbonyl (C=O) groups excluding carboxylic acids is 1. The van der Waals surface area contributed by atoms with Crippen molar-refractivity contribution in [2.45, 2.75) is 114 Å². The van der Waals surface area contributed by atoms with Crippen LogP contribution < -0.4 is 9.47 Å². The maximum Gasteiger partial charge on any atom is 0.269 e. The van der Waals surface area contributed by atoms with Crippen LogP contribution in [0.5, 0.6) is 17.2 Å². The second-order valence-corrected chi connectivity index (χ2v) is 20.9. The lowest BCUT2D eigenvalue weighted by molar-refractivity contribution is -0.384. The number of nitrogens with zero attached hydrogens (tertiary/aromatic N) is 3. The largest absolute Gasteiger partial charge is 0.459 e. The van der Waals surface area contributed by atoms with Crippen molar-refractivity contribution in [3.05, 3.63) is 179 Å². The fourth-order valence-corrected chi connectivity index (χ4v) is 12.7. The molecule has 0 spiro atoms. The molecule has 1 heterocycles. The van der Waals surface area contributed by atoms with Gasteiger partial charge in [-0.05, 0) is 131 Å². The predicted molar refractivity (Wildman–Crippen MR) is 293 cm³/mol. The normalized spacial score (nSPS) is 22.5. The number of fused-ring (bicyclic) bond motifs is 4. The molecule has 1 amide bonds. The highest BCUT2D eigenvalue weighted by Gasteiger charge is 2.65. The van der Waals surface area contributed by atoms with Crippen LogP contribution in [-0.4, -0.2) is 63.3 Å². The Morgan fingerprint density at radius 1 is 0.827 bits per heavy atom. The Morgan fingerprint density at radius 3 is 2.32 bits per heavy atom. The second kappa shape index (κ2) is 23.8. The van der Waals surface area contributed by atoms with Crippen LogP contribution in [0.15, 0.2) is 157 Å². The summed E-state index contributed by atoms with van der Waals surface area (Å²) in [5, 5.41) is 41.2. The number of nitro benzene ring substituents is 1. The zero-order chi connectivity index (χ0) is 51.7. The zero-order valence-electron chi connectivity index (χ0n) is 42.8. The lowest BCUT2D eigenvalue weighted by Crippen LogP contribution is -2.70. The summed E-state index contributed by atoms with van der Waals surface area (Å²) in [4.78, 5) is 35.1. The number of aliphatic hydroxyl groups is 2. The number of non-ortho nitro benzene ring substituents is 1. The second-order valence-electron chi connectivity index (χ2n) is 20.9. The van der Waals surface area contributed by atoms with Crippen molar-refractivity contribution in [2.24, 2.45) is 28.8 Å². The molecule has 3 aliphatic carbocycles. The first-order valence-electron chi connectivity index (χ1n) is 27.1. The molecule has 0 bridgehead atoms. The molecule has 4 aliphatic rings. The molecule has 0 saturated heterocycles. The van der Waals surface area contributed by atoms with Crippen LogP contribution in [-0.2, 0) is 27.5 Å². The maximum atomic E-state index is 15.6. The summed E-state index contributed by atoms with van der Waals surface area (Å²) < 4.78 is 21.8. The number of benzene rings is 6. The van der Waals surface area contributed by atoms with Gasteiger partial charge in [0.1, 0.15) is 29.9 Å². The molecule has 6 atom stereocenters. The first-order valence-corrected chi connectivity index (χ1v) is 27.1. The highest BCUT2D eigenvalue weighted by molar-refractivity contribution is 6.03. The lowest BCUT2D eigenvalue weighted by atomic mass is 9.55. The van der Waals surface area contributed by atoms with E-state index >= 15 is 4.79 Å². The predicted octanol–water partition coefficient (Wildman–Crippen LogP) is 13.5. The summed E-state index contributed by atoms with van der Waals surface area (Å²) in [6.45, 7) is 4.80. The van der Waals surface area contributed by atoms with E-state index in [9.17, 15) is 20.3 Å². The molecule has 0 unspecified atom stereocenters. The standard InChI is InChI=1S/C63H69N3O9/c1-2-36-72-63-59(65(60(69)33-26-43-14-3-4-15-43)41-49-21-13-20-46-17-7-8-22-53(46)49)40-57(64-73-42-44-24-28-50(29-25-44)66(70)71)55-38-48(19-9-11-34-67)54(23-10-12-35-68)61(62(55)63)56-39-52(31-32-58(56)75-63)74-51-30-27-45-16-5-6-18-47(45)37-51/h2,5-8,13,16-18,20-22,24-25,27-32,37-39,43,48,54,59,61-62,67-68H,1,3-4,9-12,14-15,19,23,26,33-36,40-42H2/t48-,54+,59-,61+,62+,63+/m0/s1. The SMILES string of the molecule is C=CCO[C@@]12Oc3ccc(Oc4ccc5ccccc5c4)cc3[C@H]3[C@H](CCCCO)[C@@H](CCCCO)C=C(C(=NOCc4ccc([N+](=O)[O-])cc4)C[C@@H]1N(Cc1cccc4ccccc14)C(=O)CCC1CCCC1)[C@H]32. The molecule has 0 aromatic heterocycles. The fraction of sp³-hybridized carbons (Fsp3) is 0.397. The van der Waals surface area contributed by atoms with Gasteiger partial charge in [0.15, 0.2) is 0 Å². The van der Waals surface area contributed by atoms with Crippen LogP contribution in [0.4, 0.5) is 5.69 Å². The van der Waals surface area contributed by atoms with Gasteiger partial charge >= 0.3 is 0 Å². The molecule has 2 saturated carbocycles. The van der Waals surface area contributed by atoms with Crippen molar-refractivity contribution in [1.29, 1.82) is 0 Å². The minimum Gasteiger partial charge on any atom is -0.459 e. The Morgan fingerprint density at radius 2 is 1.55 bits per heavy atom. The molecule has 6 aromatic rings. The van der Waals surface area contributed by atoms with Crippen LogP contribution in [0.25, 0.3) is 21.5 Å². The molecule has 2 N–H and O–H groups in total. The molecular formula is C63H69N3O9. The number of ether oxygens (including phenoxy) is 3. The first kappa shape index (κ1) is 51.6. The Bertz CT molecular complexity index is 3030. The summed E-state index contributed by atoms with van der Waals surface area (Å²) >= 11 is 0. The van der Waals surface area contributed by atoms with E-state index in [1.54, 1.807) is 18.2 Å². The number of aliphatic hydroxyl groups excluding tert-OH is 2. The molecular weight excluding hydrogens is 943 g/mol. The quantitative estimate of drug-likeness (QED) is 0.0276. The Kier molecular flexibility index (Phi) is 16.4. The number of rotatable bonds is 23. The number of unbranched alkanes of at least 4 members (excludes halogenated alkanes) is 2. The van der Waals surface area contributed by atoms with Gasteiger partial charge in [0, 0.05) is 56.2 Å². The van der Waals surface area contributed by atoms with Gasteiger partial charge < -0.3 is 34.2 Å². The van der Waals surface area contributed by atoms with Gasteiger partial charge in [-0.2, -0.15) is 0 Å². The number of amides is 1. The van der Waals surface area contributed by atoms with Gasteiger partial charge in [-0.25, -0.2) is 0 Å². The average Bonchev–Trinajstić information content (AvgIpc) is 3.99. The summed E-state index contributed by atoms with van der Waals surface area (Å²) in [5.41, 5.74) is 4.28. The van der Waals surface area contributed by atoms with Crippen molar-refractivity contribution in [1.82, 2.24) is 4.90 Å². The molecule has 390 valence electrons. The zero-order valence-corrected chi connectivity index (χ0v) is 42.8. The Hall–Kier alpha value is -6.86. The van der Waals surface area contributed by atoms with Crippen molar-refractivity contribution in [3.63, 3.8) is 0 Å². The number of oxime groups is 1. The molecule has 75 heavy (non-hydrogen) atoms. The number of hydrogen-bond donors (Lipinski definition) is 2. The fourth-order valence-electron chi connectivity index (χ4n) is 12.7. The highest BCUT2D eigenvalue weighted by Crippen LogP contribution is 2.62. The van der Waals surface area contributed by atoms with Gasteiger partial charge in [-0.15, -0.1) is 6.58 Å². The average molecular weight is 1010 g/mol. The summed E-state index contributed by atoms with van der Waals surface area (Å²) in [5.74, 6) is 0.321. The van der Waals surface area contributed by atoms with Crippen molar-refractivity contribution in [2.75, 3.05) is 19.8 Å². The van der Waals surface area contributed by atoms with Crippen molar-refractivity contribution < 1.29 is 39.0 Å². The van der Waals surface area contributed by atoms with E-state index in [-0.39, 0.29) is 62.2 Å². The van der Waals surface area contributed by atoms with E-state index in [0.717, 1.165) is 88.8 Å². The van der Waals surface area contributed by atoms with Crippen LogP contribution in [0.3, 0.4) is 0 Å². The van der Waals surface area contributed by atoms with E-state index in [4.69, 9.17) is 24.2 Å². The monoisotopic (exact) mass is 1010 g/mol. The van der Waals surface area contributed by atoms with Crippen LogP contribution >= 0.6 is 0 Å². The van der Waals surface area contributed by atoms with Crippen molar-refractivity contribution >= 4 is 38.9 Å². The third-order valence-corrected chi connectivity index (χ3v) is 16.3. The minimum atomic E-state index is -1.45. The minimum absolute atomic E-state index is 0.0116. The van der Waals surface area contributed by atoms with Gasteiger partial charge in [-0.3, -0.25) is 14.9 Å². The van der Waals surface area contributed by atoms with Crippen LogP contribution in [0, 0.1) is 33.8 Å². The van der Waals surface area contributed by atoms with Crippen LogP contribution in [0.2, 0.25) is 0 Å². The summed E-state index contributed by atoms with van der Waals surface area (Å²) in [7, 11) is 0. The molecule has 6 aromatic carbocycles. The molecule has 10 rings (SSSR count). The molecule has 1 aliphatic heterocycles. The van der Waals surface area contributed by atoms with Gasteiger partial charge in [0.2, 0.25) is 11.7 Å². The number of nitro groups is 1. The third kappa shape index (κ3) is 11.2. The first-order chi connectivity index (χ1) is 36.8. The van der Waals surface area contributed by atoms with Crippen LogP contribution in [0.1, 0.15) is 106 Å². The van der Waals surface area contributed by atoms with Gasteiger partial charge in [0.05, 0.1) is 23.2 Å². The number of allylic oxidation sites excluding steroid dienone is 1. The summed E-state index contributed by atoms with van der Waals surface area (Å²) in [6, 6.07) is 40.5. The van der Waals surface area contributed by atoms with Gasteiger partial charge in [-0.1, -0.05) is 129 Å². The number of hydrogen-bond acceptors (Lipinski definition) is 10. The van der Waals surface area contributed by atoms with E-state index in [1.807, 2.05) is 47.4 Å². The third-order valence-electron chi connectivity index (χ3n) is 16.3. The molecule has 0 radical (unpaired) electrons. The number of carbonyl (C=O) groups is 1. The van der Waals surface area contributed by atoms with E-state index in [1.165, 1.54) is 25.0 Å². The van der Waals surface area contributed by atoms with Gasteiger partial charge in [0.25, 0.3) is 5.69 Å². The van der Waals surface area contributed by atoms with Crippen molar-refractivity contribution in [3.8, 4) is 17.2 Å². The highest BCUT2D eigenvalue weighted by atomic mass is 16.7. The maximum absolute atomic E-state index is 15.6. The topological polar surface area (TPSA) is 153 Å². The smallest absolute Gasteiger partial charge is 0.269 e. The van der Waals surface area contributed by atoms with E-state index < -0.39 is 22.7 Å². The molecule has 2 fully saturated rings. The van der Waals surface area contributed by atoms with E-state index in [0.29, 0.717) is 54.7 Å². The lowest BCUT2D eigenvalue weighted by Gasteiger charge is -2.60.